The van der Waals surface area contributed by atoms with Gasteiger partial charge in [0.15, 0.2) is 16.6 Å². The average Bonchev–Trinajstić information content (AvgIpc) is 2.38. The van der Waals surface area contributed by atoms with Gasteiger partial charge in [-0.1, -0.05) is 6.58 Å². The Balaban J connectivity index is 3.60. The number of hydrogen-bond donors (Lipinski definition) is 0. The first kappa shape index (κ1) is 22.5. The highest BCUT2D eigenvalue weighted by Crippen LogP contribution is 2.19. The van der Waals surface area contributed by atoms with Crippen LogP contribution in [0.15, 0.2) is 12.2 Å². The molecule has 0 atom stereocenters. The molecule has 0 aromatic rings. The van der Waals surface area contributed by atoms with Crippen LogP contribution in [0.1, 0.15) is 13.3 Å². The predicted molar refractivity (Wildman–Crippen MR) is 98.7 cm³/mol. The Morgan fingerprint density at radius 2 is 1.61 bits per heavy atom. The van der Waals surface area contributed by atoms with E-state index in [1.54, 1.807) is 6.92 Å². The second-order valence-electron chi connectivity index (χ2n) is 7.07. The molecule has 0 amide bonds. The summed E-state index contributed by atoms with van der Waals surface area (Å²) in [6.45, 7) is 18.9. The standard InChI is InChI=1S/C16H34O5Si2/c1-8-20-16(17)15(2)14-19-12-11-18-10-9-13-23(6,7)21-22(3,4)5/h2,8-14H2,1,3-7H3. The Morgan fingerprint density at radius 1 is 1.00 bits per heavy atom. The Morgan fingerprint density at radius 3 is 2.17 bits per heavy atom. The number of ether oxygens (including phenoxy) is 3. The molecular weight excluding hydrogens is 328 g/mol. The molecule has 0 saturated heterocycles. The Hall–Kier alpha value is -0.476. The zero-order valence-corrected chi connectivity index (χ0v) is 17.7. The largest absolute Gasteiger partial charge is 0.463 e. The van der Waals surface area contributed by atoms with E-state index in [1.807, 2.05) is 0 Å². The first-order valence-electron chi connectivity index (χ1n) is 8.28. The van der Waals surface area contributed by atoms with E-state index in [2.05, 4.69) is 39.3 Å². The fourth-order valence-electron chi connectivity index (χ4n) is 2.19. The van der Waals surface area contributed by atoms with Crippen molar-refractivity contribution >= 4 is 22.6 Å². The minimum atomic E-state index is -1.56. The first-order chi connectivity index (χ1) is 10.6. The van der Waals surface area contributed by atoms with Crippen LogP contribution in [0.25, 0.3) is 0 Å². The van der Waals surface area contributed by atoms with Gasteiger partial charge in [-0.05, 0) is 52.1 Å². The third kappa shape index (κ3) is 13.6. The van der Waals surface area contributed by atoms with E-state index in [9.17, 15) is 4.79 Å². The van der Waals surface area contributed by atoms with Gasteiger partial charge in [0, 0.05) is 6.61 Å². The van der Waals surface area contributed by atoms with Gasteiger partial charge in [-0.2, -0.15) is 0 Å². The predicted octanol–water partition coefficient (Wildman–Crippen LogP) is 3.59. The molecule has 0 aliphatic rings. The molecule has 0 radical (unpaired) electrons. The number of carbonyl (C=O) groups is 1. The smallest absolute Gasteiger partial charge is 0.335 e. The zero-order valence-electron chi connectivity index (χ0n) is 15.7. The molecule has 0 aliphatic heterocycles. The lowest BCUT2D eigenvalue weighted by Gasteiger charge is -2.31. The molecule has 0 aliphatic carbocycles. The number of esters is 1. The summed E-state index contributed by atoms with van der Waals surface area (Å²) in [6.07, 6.45) is 1.01. The lowest BCUT2D eigenvalue weighted by atomic mass is 10.3. The van der Waals surface area contributed by atoms with Crippen LogP contribution >= 0.6 is 0 Å². The van der Waals surface area contributed by atoms with Crippen molar-refractivity contribution in [3.8, 4) is 0 Å². The molecule has 0 spiro atoms. The summed E-state index contributed by atoms with van der Waals surface area (Å²) >= 11 is 0. The topological polar surface area (TPSA) is 54.0 Å². The van der Waals surface area contributed by atoms with Gasteiger partial charge in [-0.25, -0.2) is 4.79 Å². The summed E-state index contributed by atoms with van der Waals surface area (Å²) in [4.78, 5) is 11.3. The summed E-state index contributed by atoms with van der Waals surface area (Å²) in [5.74, 6) is -0.400. The normalized spacial score (nSPS) is 12.3. The Bertz CT molecular complexity index is 364. The number of hydrogen-bond acceptors (Lipinski definition) is 5. The summed E-state index contributed by atoms with van der Waals surface area (Å²) in [6, 6.07) is 1.11. The fourth-order valence-corrected chi connectivity index (χ4v) is 10.2. The van der Waals surface area contributed by atoms with Gasteiger partial charge in [0.25, 0.3) is 0 Å². The van der Waals surface area contributed by atoms with Crippen molar-refractivity contribution in [3.05, 3.63) is 12.2 Å². The van der Waals surface area contributed by atoms with Crippen molar-refractivity contribution in [2.45, 2.75) is 52.1 Å². The van der Waals surface area contributed by atoms with E-state index in [4.69, 9.17) is 18.3 Å². The van der Waals surface area contributed by atoms with E-state index in [0.29, 0.717) is 32.0 Å². The van der Waals surface area contributed by atoms with E-state index < -0.39 is 22.6 Å². The van der Waals surface area contributed by atoms with Crippen molar-refractivity contribution in [3.63, 3.8) is 0 Å². The lowest BCUT2D eigenvalue weighted by Crippen LogP contribution is -2.42. The van der Waals surface area contributed by atoms with Gasteiger partial charge in [0.2, 0.25) is 0 Å². The molecule has 0 rings (SSSR count). The number of carbonyl (C=O) groups excluding carboxylic acids is 1. The molecule has 0 fully saturated rings. The van der Waals surface area contributed by atoms with Crippen LogP contribution < -0.4 is 0 Å². The SMILES string of the molecule is C=C(COCCOCCC[Si](C)(C)O[Si](C)(C)C)C(=O)OCC. The monoisotopic (exact) mass is 362 g/mol. The molecule has 136 valence electrons. The summed E-state index contributed by atoms with van der Waals surface area (Å²) < 4.78 is 22.0. The maximum absolute atomic E-state index is 11.3. The van der Waals surface area contributed by atoms with E-state index in [1.165, 1.54) is 0 Å². The van der Waals surface area contributed by atoms with Crippen LogP contribution in [0.5, 0.6) is 0 Å². The maximum Gasteiger partial charge on any atom is 0.335 e. The number of rotatable bonds is 13. The second-order valence-corrected chi connectivity index (χ2v) is 16.1. The molecule has 0 aromatic heterocycles. The van der Waals surface area contributed by atoms with Crippen molar-refractivity contribution in [1.29, 1.82) is 0 Å². The van der Waals surface area contributed by atoms with E-state index in [0.717, 1.165) is 12.5 Å². The van der Waals surface area contributed by atoms with E-state index in [-0.39, 0.29) is 6.61 Å². The highest BCUT2D eigenvalue weighted by atomic mass is 28.4. The highest BCUT2D eigenvalue weighted by Gasteiger charge is 2.28. The third-order valence-electron chi connectivity index (χ3n) is 2.86. The van der Waals surface area contributed by atoms with Crippen LogP contribution in [-0.2, 0) is 23.1 Å². The fraction of sp³-hybridized carbons (Fsp3) is 0.812. The molecule has 0 heterocycles. The maximum atomic E-state index is 11.3. The molecule has 0 bridgehead atoms. The summed E-state index contributed by atoms with van der Waals surface area (Å²) in [5, 5.41) is 0. The van der Waals surface area contributed by atoms with Gasteiger partial charge in [-0.3, -0.25) is 0 Å². The molecular formula is C16H34O5Si2. The van der Waals surface area contributed by atoms with Gasteiger partial charge in [0.05, 0.1) is 32.0 Å². The molecule has 0 aromatic carbocycles. The highest BCUT2D eigenvalue weighted by molar-refractivity contribution is 6.84. The van der Waals surface area contributed by atoms with Crippen LogP contribution in [0.3, 0.4) is 0 Å². The molecule has 0 saturated carbocycles. The Kier molecular flexibility index (Phi) is 10.9. The van der Waals surface area contributed by atoms with Crippen molar-refractivity contribution in [2.24, 2.45) is 0 Å². The van der Waals surface area contributed by atoms with Crippen molar-refractivity contribution < 1.29 is 23.1 Å². The summed E-state index contributed by atoms with van der Waals surface area (Å²) in [5.41, 5.74) is 0.336. The van der Waals surface area contributed by atoms with Crippen molar-refractivity contribution in [2.75, 3.05) is 33.0 Å². The van der Waals surface area contributed by atoms with Gasteiger partial charge in [-0.15, -0.1) is 0 Å². The average molecular weight is 363 g/mol. The molecule has 0 N–H and O–H groups in total. The van der Waals surface area contributed by atoms with Gasteiger partial charge in [0.1, 0.15) is 0 Å². The molecule has 23 heavy (non-hydrogen) atoms. The van der Waals surface area contributed by atoms with Gasteiger partial charge >= 0.3 is 5.97 Å². The quantitative estimate of drug-likeness (QED) is 0.217. The minimum absolute atomic E-state index is 0.187. The summed E-state index contributed by atoms with van der Waals surface area (Å²) in [7, 11) is -3.01. The van der Waals surface area contributed by atoms with E-state index >= 15 is 0 Å². The Labute approximate surface area is 143 Å². The molecule has 5 nitrogen and oxygen atoms in total. The second kappa shape index (κ2) is 11.1. The zero-order chi connectivity index (χ0) is 17.9. The van der Waals surface area contributed by atoms with Crippen molar-refractivity contribution in [1.82, 2.24) is 0 Å². The first-order valence-corrected chi connectivity index (χ1v) is 14.8. The van der Waals surface area contributed by atoms with Gasteiger partial charge < -0.3 is 18.3 Å². The van der Waals surface area contributed by atoms with Crippen LogP contribution in [0.2, 0.25) is 38.8 Å². The molecule has 0 unspecified atom stereocenters. The molecule has 7 heteroatoms. The third-order valence-corrected chi connectivity index (χ3v) is 9.08. The minimum Gasteiger partial charge on any atom is -0.463 e. The van der Waals surface area contributed by atoms with Crippen LogP contribution in [-0.4, -0.2) is 55.6 Å². The van der Waals surface area contributed by atoms with Crippen LogP contribution in [0.4, 0.5) is 0 Å². The van der Waals surface area contributed by atoms with Crippen LogP contribution in [0, 0.1) is 0 Å². The lowest BCUT2D eigenvalue weighted by molar-refractivity contribution is -0.139.